The molecule has 0 radical (unpaired) electrons. The summed E-state index contributed by atoms with van der Waals surface area (Å²) in [6.45, 7) is 3.76. The van der Waals surface area contributed by atoms with Gasteiger partial charge in [-0.3, -0.25) is 4.79 Å². The molecule has 0 aliphatic carbocycles. The maximum absolute atomic E-state index is 13.0. The van der Waals surface area contributed by atoms with Crippen molar-refractivity contribution in [2.75, 3.05) is 19.5 Å². The summed E-state index contributed by atoms with van der Waals surface area (Å²) in [7, 11) is 3.10. The second kappa shape index (κ2) is 8.71. The highest BCUT2D eigenvalue weighted by Crippen LogP contribution is 2.34. The number of carbonyl (C=O) groups is 1. The van der Waals surface area contributed by atoms with Gasteiger partial charge in [0.05, 0.1) is 25.6 Å². The van der Waals surface area contributed by atoms with E-state index in [-0.39, 0.29) is 5.91 Å². The number of rotatable bonds is 7. The number of anilines is 1. The van der Waals surface area contributed by atoms with Crippen molar-refractivity contribution in [2.45, 2.75) is 6.42 Å². The van der Waals surface area contributed by atoms with Crippen LogP contribution in [-0.2, 0) is 6.42 Å². The second-order valence-electron chi connectivity index (χ2n) is 5.82. The van der Waals surface area contributed by atoms with Crippen molar-refractivity contribution in [2.24, 2.45) is 0 Å². The molecule has 7 nitrogen and oxygen atoms in total. The summed E-state index contributed by atoms with van der Waals surface area (Å²) in [4.78, 5) is 16.9. The fraction of sp³-hybridized carbons (Fsp3) is 0.150. The number of allylic oxidation sites excluding steroid dienone is 1. The Balaban J connectivity index is 1.99. The van der Waals surface area contributed by atoms with Crippen LogP contribution in [0.15, 0.2) is 60.1 Å². The van der Waals surface area contributed by atoms with Crippen molar-refractivity contribution in [3.63, 3.8) is 0 Å². The Morgan fingerprint density at radius 3 is 2.75 bits per heavy atom. The number of benzene rings is 2. The number of halogens is 1. The number of hydrogen-bond acceptors (Lipinski definition) is 5. The summed E-state index contributed by atoms with van der Waals surface area (Å²) in [5.41, 5.74) is 2.54. The van der Waals surface area contributed by atoms with Crippen LogP contribution in [0.1, 0.15) is 15.9 Å². The molecule has 2 aromatic carbocycles. The van der Waals surface area contributed by atoms with E-state index in [1.165, 1.54) is 13.4 Å². The molecule has 0 saturated heterocycles. The van der Waals surface area contributed by atoms with Gasteiger partial charge in [0, 0.05) is 15.6 Å². The zero-order valence-corrected chi connectivity index (χ0v) is 17.1. The summed E-state index contributed by atoms with van der Waals surface area (Å²) < 4.78 is 13.2. The molecule has 0 fully saturated rings. The predicted octanol–water partition coefficient (Wildman–Crippen LogP) is 4.03. The first-order valence-corrected chi connectivity index (χ1v) is 9.18. The molecular formula is C20H19BrN4O3. The first-order valence-electron chi connectivity index (χ1n) is 8.39. The topological polar surface area (TPSA) is 78.3 Å². The molecule has 0 spiro atoms. The van der Waals surface area contributed by atoms with E-state index in [1.54, 1.807) is 42.4 Å². The van der Waals surface area contributed by atoms with E-state index in [0.29, 0.717) is 34.9 Å². The molecular weight excluding hydrogens is 424 g/mol. The van der Waals surface area contributed by atoms with Crippen LogP contribution in [0.3, 0.4) is 0 Å². The molecule has 0 unspecified atom stereocenters. The average molecular weight is 443 g/mol. The van der Waals surface area contributed by atoms with Crippen molar-refractivity contribution >= 4 is 27.5 Å². The largest absolute Gasteiger partial charge is 0.493 e. The molecule has 1 N–H and O–H groups in total. The number of ether oxygens (including phenoxy) is 2. The molecule has 28 heavy (non-hydrogen) atoms. The van der Waals surface area contributed by atoms with Crippen LogP contribution in [0.25, 0.3) is 5.69 Å². The molecule has 144 valence electrons. The van der Waals surface area contributed by atoms with Crippen LogP contribution in [0.5, 0.6) is 11.5 Å². The van der Waals surface area contributed by atoms with Gasteiger partial charge >= 0.3 is 0 Å². The summed E-state index contributed by atoms with van der Waals surface area (Å²) in [6, 6.07) is 8.93. The second-order valence-corrected chi connectivity index (χ2v) is 6.73. The monoisotopic (exact) mass is 442 g/mol. The molecule has 1 aromatic heterocycles. The summed E-state index contributed by atoms with van der Waals surface area (Å²) >= 11 is 3.44. The third-order valence-corrected chi connectivity index (χ3v) is 4.55. The van der Waals surface area contributed by atoms with Gasteiger partial charge in [0.2, 0.25) is 0 Å². The van der Waals surface area contributed by atoms with Gasteiger partial charge in [-0.2, -0.15) is 5.10 Å². The number of methoxy groups -OCH3 is 2. The van der Waals surface area contributed by atoms with Crippen molar-refractivity contribution in [3.05, 3.63) is 71.2 Å². The van der Waals surface area contributed by atoms with E-state index in [1.807, 2.05) is 12.1 Å². The summed E-state index contributed by atoms with van der Waals surface area (Å²) in [6.07, 6.45) is 5.29. The zero-order valence-electron chi connectivity index (χ0n) is 15.5. The summed E-state index contributed by atoms with van der Waals surface area (Å²) in [5.74, 6) is 0.785. The van der Waals surface area contributed by atoms with E-state index >= 15 is 0 Å². The van der Waals surface area contributed by atoms with Gasteiger partial charge in [-0.15, -0.1) is 6.58 Å². The van der Waals surface area contributed by atoms with Gasteiger partial charge in [0.15, 0.2) is 11.5 Å². The van der Waals surface area contributed by atoms with Gasteiger partial charge in [-0.1, -0.05) is 22.0 Å². The van der Waals surface area contributed by atoms with Crippen LogP contribution in [0.4, 0.5) is 5.69 Å². The Labute approximate surface area is 171 Å². The predicted molar refractivity (Wildman–Crippen MR) is 110 cm³/mol. The fourth-order valence-corrected chi connectivity index (χ4v) is 3.18. The lowest BCUT2D eigenvalue weighted by molar-refractivity contribution is 0.102. The van der Waals surface area contributed by atoms with Crippen LogP contribution in [0.2, 0.25) is 0 Å². The van der Waals surface area contributed by atoms with Gasteiger partial charge in [0.25, 0.3) is 5.91 Å². The van der Waals surface area contributed by atoms with Gasteiger partial charge in [0.1, 0.15) is 12.7 Å². The van der Waals surface area contributed by atoms with Gasteiger partial charge < -0.3 is 14.8 Å². The molecule has 1 heterocycles. The molecule has 8 heteroatoms. The van der Waals surface area contributed by atoms with Gasteiger partial charge in [-0.25, -0.2) is 9.67 Å². The molecule has 0 aliphatic rings. The fourth-order valence-electron chi connectivity index (χ4n) is 2.82. The van der Waals surface area contributed by atoms with E-state index < -0.39 is 0 Å². The Morgan fingerprint density at radius 1 is 1.29 bits per heavy atom. The highest BCUT2D eigenvalue weighted by Gasteiger charge is 2.17. The third-order valence-electron chi connectivity index (χ3n) is 4.05. The number of nitrogens with one attached hydrogen (secondary N) is 1. The Morgan fingerprint density at radius 2 is 2.11 bits per heavy atom. The number of carbonyl (C=O) groups excluding carboxylic acids is 1. The lowest BCUT2D eigenvalue weighted by atomic mass is 10.0. The van der Waals surface area contributed by atoms with E-state index in [9.17, 15) is 4.79 Å². The minimum Gasteiger partial charge on any atom is -0.493 e. The maximum atomic E-state index is 13.0. The smallest absolute Gasteiger partial charge is 0.255 e. The Kier molecular flexibility index (Phi) is 6.10. The van der Waals surface area contributed by atoms with Crippen LogP contribution in [-0.4, -0.2) is 34.9 Å². The van der Waals surface area contributed by atoms with Crippen molar-refractivity contribution in [1.82, 2.24) is 14.8 Å². The minimum absolute atomic E-state index is 0.286. The average Bonchev–Trinajstić information content (AvgIpc) is 3.22. The Hall–Kier alpha value is -3.13. The molecule has 3 aromatic rings. The Bertz CT molecular complexity index is 1000. The molecule has 0 atom stereocenters. The first kappa shape index (κ1) is 19.6. The van der Waals surface area contributed by atoms with Crippen molar-refractivity contribution in [3.8, 4) is 17.2 Å². The molecule has 1 amide bonds. The van der Waals surface area contributed by atoms with Gasteiger partial charge in [-0.05, 0) is 36.8 Å². The lowest BCUT2D eigenvalue weighted by Crippen LogP contribution is -2.15. The standard InChI is InChI=1S/C20H19BrN4O3/c1-4-5-13-8-14(9-18(27-2)19(13)28-3)20(26)24-16-10-15(21)6-7-17(16)25-12-22-11-23-25/h4,6-12H,1,5H2,2-3H3,(H,24,26). The number of nitrogens with zero attached hydrogens (tertiary/aromatic N) is 3. The molecule has 0 saturated carbocycles. The quantitative estimate of drug-likeness (QED) is 0.558. The van der Waals surface area contributed by atoms with Crippen LogP contribution in [0, 0.1) is 0 Å². The minimum atomic E-state index is -0.286. The number of aromatic nitrogens is 3. The maximum Gasteiger partial charge on any atom is 0.255 e. The zero-order chi connectivity index (χ0) is 20.1. The van der Waals surface area contributed by atoms with Crippen molar-refractivity contribution in [1.29, 1.82) is 0 Å². The number of amides is 1. The van der Waals surface area contributed by atoms with E-state index in [2.05, 4.69) is 37.9 Å². The van der Waals surface area contributed by atoms with E-state index in [0.717, 1.165) is 10.0 Å². The molecule has 3 rings (SSSR count). The van der Waals surface area contributed by atoms with Crippen LogP contribution < -0.4 is 14.8 Å². The first-order chi connectivity index (χ1) is 13.6. The van der Waals surface area contributed by atoms with E-state index in [4.69, 9.17) is 9.47 Å². The van der Waals surface area contributed by atoms with Crippen molar-refractivity contribution < 1.29 is 14.3 Å². The summed E-state index contributed by atoms with van der Waals surface area (Å²) in [5, 5.41) is 7.07. The highest BCUT2D eigenvalue weighted by atomic mass is 79.9. The van der Waals surface area contributed by atoms with Crippen LogP contribution >= 0.6 is 15.9 Å². The number of hydrogen-bond donors (Lipinski definition) is 1. The lowest BCUT2D eigenvalue weighted by Gasteiger charge is -2.15. The third kappa shape index (κ3) is 4.07. The normalized spacial score (nSPS) is 10.4. The highest BCUT2D eigenvalue weighted by molar-refractivity contribution is 9.10. The molecule has 0 aliphatic heterocycles. The SMILES string of the molecule is C=CCc1cc(C(=O)Nc2cc(Br)ccc2-n2cncn2)cc(OC)c1OC. The molecule has 0 bridgehead atoms.